The summed E-state index contributed by atoms with van der Waals surface area (Å²) in [6.07, 6.45) is 0.176. The highest BCUT2D eigenvalue weighted by molar-refractivity contribution is 5.93. The minimum Gasteiger partial charge on any atom is -0.478 e. The molecule has 25 heavy (non-hydrogen) atoms. The molecule has 0 saturated heterocycles. The Morgan fingerprint density at radius 2 is 2.12 bits per heavy atom. The highest BCUT2D eigenvalue weighted by Gasteiger charge is 2.18. The van der Waals surface area contributed by atoms with Gasteiger partial charge in [-0.1, -0.05) is 0 Å². The zero-order chi connectivity index (χ0) is 18.1. The summed E-state index contributed by atoms with van der Waals surface area (Å²) >= 11 is 0. The Labute approximate surface area is 141 Å². The number of carbonyl (C=O) groups is 1. The molecular weight excluding hydrogens is 332 g/mol. The quantitative estimate of drug-likeness (QED) is 0.726. The van der Waals surface area contributed by atoms with Crippen molar-refractivity contribution in [1.29, 1.82) is 0 Å². The number of aromatic carboxylic acids is 1. The first-order chi connectivity index (χ1) is 11.9. The maximum atomic E-state index is 13.2. The number of ether oxygens (including phenoxy) is 1. The van der Waals surface area contributed by atoms with Crippen molar-refractivity contribution in [2.24, 2.45) is 0 Å². The zero-order valence-corrected chi connectivity index (χ0v) is 13.5. The molecule has 6 nitrogen and oxygen atoms in total. The zero-order valence-electron chi connectivity index (χ0n) is 13.5. The standard InChI is InChI=1S/C17H15F2N3O3/c1-9-12(17(23)24)8-22-15(9)14(5-6-21-22)25-10-3-4-13(20-2)11(7-10)16(18)19/h3-8,16,20H,1-2H3,(H,23,24). The summed E-state index contributed by atoms with van der Waals surface area (Å²) in [6, 6.07) is 5.87. The van der Waals surface area contributed by atoms with E-state index < -0.39 is 12.4 Å². The summed E-state index contributed by atoms with van der Waals surface area (Å²) in [5.74, 6) is -0.524. The van der Waals surface area contributed by atoms with Gasteiger partial charge in [-0.05, 0) is 30.7 Å². The van der Waals surface area contributed by atoms with Crippen molar-refractivity contribution < 1.29 is 23.4 Å². The molecule has 3 rings (SSSR count). The van der Waals surface area contributed by atoms with Crippen molar-refractivity contribution in [1.82, 2.24) is 9.61 Å². The highest BCUT2D eigenvalue weighted by atomic mass is 19.3. The number of nitrogens with one attached hydrogen (secondary N) is 1. The van der Waals surface area contributed by atoms with Crippen molar-refractivity contribution in [3.05, 3.63) is 53.3 Å². The second-order valence-electron chi connectivity index (χ2n) is 5.36. The van der Waals surface area contributed by atoms with Crippen LogP contribution in [0.25, 0.3) is 5.52 Å². The molecule has 2 heterocycles. The van der Waals surface area contributed by atoms with Crippen molar-refractivity contribution in [3.8, 4) is 11.5 Å². The number of fused-ring (bicyclic) bond motifs is 1. The summed E-state index contributed by atoms with van der Waals surface area (Å²) in [7, 11) is 1.56. The molecule has 0 unspecified atom stereocenters. The summed E-state index contributed by atoms with van der Waals surface area (Å²) < 4.78 is 33.5. The van der Waals surface area contributed by atoms with E-state index >= 15 is 0 Å². The first kappa shape index (κ1) is 16.7. The molecule has 130 valence electrons. The van der Waals surface area contributed by atoms with Gasteiger partial charge in [0.25, 0.3) is 6.43 Å². The van der Waals surface area contributed by atoms with E-state index in [-0.39, 0.29) is 16.9 Å². The summed E-state index contributed by atoms with van der Waals surface area (Å²) in [6.45, 7) is 1.64. The number of alkyl halides is 2. The van der Waals surface area contributed by atoms with Gasteiger partial charge in [-0.15, -0.1) is 0 Å². The fraction of sp³-hybridized carbons (Fsp3) is 0.176. The maximum absolute atomic E-state index is 13.2. The van der Waals surface area contributed by atoms with Crippen LogP contribution in [0.3, 0.4) is 0 Å². The molecule has 0 aliphatic rings. The maximum Gasteiger partial charge on any atom is 0.337 e. The highest BCUT2D eigenvalue weighted by Crippen LogP contribution is 2.34. The summed E-state index contributed by atoms with van der Waals surface area (Å²) in [5, 5.41) is 16.0. The number of carboxylic acids is 1. The fourth-order valence-electron chi connectivity index (χ4n) is 2.66. The molecule has 0 saturated carbocycles. The van der Waals surface area contributed by atoms with Gasteiger partial charge in [0, 0.05) is 30.6 Å². The second kappa shape index (κ2) is 6.39. The summed E-state index contributed by atoms with van der Waals surface area (Å²) in [5.41, 5.74) is 1.19. The number of aryl methyl sites for hydroxylation is 1. The molecule has 1 aromatic carbocycles. The van der Waals surface area contributed by atoms with Gasteiger partial charge in [0.05, 0.1) is 11.8 Å². The molecular formula is C17H15F2N3O3. The van der Waals surface area contributed by atoms with E-state index in [1.54, 1.807) is 26.1 Å². The topological polar surface area (TPSA) is 75.9 Å². The molecule has 0 spiro atoms. The molecule has 0 radical (unpaired) electrons. The third kappa shape index (κ3) is 2.98. The summed E-state index contributed by atoms with van der Waals surface area (Å²) in [4.78, 5) is 11.3. The van der Waals surface area contributed by atoms with E-state index in [0.717, 1.165) is 0 Å². The fourth-order valence-corrected chi connectivity index (χ4v) is 2.66. The minimum atomic E-state index is -2.66. The smallest absolute Gasteiger partial charge is 0.337 e. The predicted octanol–water partition coefficient (Wildman–Crippen LogP) is 4.11. The minimum absolute atomic E-state index is 0.0994. The first-order valence-corrected chi connectivity index (χ1v) is 7.40. The number of aromatic nitrogens is 2. The van der Waals surface area contributed by atoms with Crippen LogP contribution in [0.2, 0.25) is 0 Å². The Hall–Kier alpha value is -3.16. The Morgan fingerprint density at radius 1 is 1.36 bits per heavy atom. The number of benzene rings is 1. The largest absolute Gasteiger partial charge is 0.478 e. The molecule has 0 amide bonds. The molecule has 8 heteroatoms. The lowest BCUT2D eigenvalue weighted by Gasteiger charge is -2.12. The van der Waals surface area contributed by atoms with Gasteiger partial charge < -0.3 is 15.2 Å². The molecule has 0 bridgehead atoms. The van der Waals surface area contributed by atoms with Crippen molar-refractivity contribution in [3.63, 3.8) is 0 Å². The van der Waals surface area contributed by atoms with E-state index in [1.165, 1.54) is 29.0 Å². The Morgan fingerprint density at radius 3 is 2.76 bits per heavy atom. The number of hydrogen-bond acceptors (Lipinski definition) is 4. The van der Waals surface area contributed by atoms with Gasteiger partial charge in [0.2, 0.25) is 0 Å². The van der Waals surface area contributed by atoms with E-state index in [2.05, 4.69) is 10.4 Å². The third-order valence-electron chi connectivity index (χ3n) is 3.88. The predicted molar refractivity (Wildman–Crippen MR) is 87.9 cm³/mol. The van der Waals surface area contributed by atoms with Crippen LogP contribution in [-0.2, 0) is 0 Å². The normalized spacial score (nSPS) is 11.1. The second-order valence-corrected chi connectivity index (χ2v) is 5.36. The molecule has 0 fully saturated rings. The number of anilines is 1. The van der Waals surface area contributed by atoms with Crippen LogP contribution >= 0.6 is 0 Å². The molecule has 0 aliphatic carbocycles. The Kier molecular flexibility index (Phi) is 4.26. The number of hydrogen-bond donors (Lipinski definition) is 2. The van der Waals surface area contributed by atoms with Crippen molar-refractivity contribution in [2.75, 3.05) is 12.4 Å². The van der Waals surface area contributed by atoms with Crippen LogP contribution in [0.1, 0.15) is 27.9 Å². The van der Waals surface area contributed by atoms with Crippen LogP contribution in [-0.4, -0.2) is 27.7 Å². The number of carboxylic acid groups (broad SMARTS) is 1. The number of halogens is 2. The average Bonchev–Trinajstić information content (AvgIpc) is 2.93. The molecule has 2 aromatic heterocycles. The monoisotopic (exact) mass is 347 g/mol. The van der Waals surface area contributed by atoms with Gasteiger partial charge in [-0.3, -0.25) is 0 Å². The van der Waals surface area contributed by atoms with E-state index in [4.69, 9.17) is 4.74 Å². The number of nitrogens with zero attached hydrogens (tertiary/aromatic N) is 2. The van der Waals surface area contributed by atoms with Crippen molar-refractivity contribution >= 4 is 17.2 Å². The first-order valence-electron chi connectivity index (χ1n) is 7.40. The van der Waals surface area contributed by atoms with Gasteiger partial charge in [-0.25, -0.2) is 18.1 Å². The van der Waals surface area contributed by atoms with Crippen LogP contribution in [0.4, 0.5) is 14.5 Å². The van der Waals surface area contributed by atoms with Gasteiger partial charge in [0.1, 0.15) is 11.3 Å². The third-order valence-corrected chi connectivity index (χ3v) is 3.88. The van der Waals surface area contributed by atoms with Gasteiger partial charge in [-0.2, -0.15) is 5.10 Å². The van der Waals surface area contributed by atoms with Crippen LogP contribution < -0.4 is 10.1 Å². The van der Waals surface area contributed by atoms with Crippen LogP contribution in [0, 0.1) is 6.92 Å². The molecule has 0 atom stereocenters. The Bertz CT molecular complexity index is 954. The van der Waals surface area contributed by atoms with Gasteiger partial charge >= 0.3 is 5.97 Å². The van der Waals surface area contributed by atoms with Crippen molar-refractivity contribution in [2.45, 2.75) is 13.3 Å². The average molecular weight is 347 g/mol. The molecule has 0 aliphatic heterocycles. The van der Waals surface area contributed by atoms with E-state index in [1.807, 2.05) is 0 Å². The lowest BCUT2D eigenvalue weighted by atomic mass is 10.1. The molecule has 3 aromatic rings. The molecule has 2 N–H and O–H groups in total. The van der Waals surface area contributed by atoms with Crippen LogP contribution in [0.15, 0.2) is 36.7 Å². The Balaban J connectivity index is 2.07. The lowest BCUT2D eigenvalue weighted by Crippen LogP contribution is -1.98. The van der Waals surface area contributed by atoms with Gasteiger partial charge in [0.15, 0.2) is 5.75 Å². The lowest BCUT2D eigenvalue weighted by molar-refractivity contribution is 0.0696. The SMILES string of the molecule is CNc1ccc(Oc2ccnn3cc(C(=O)O)c(C)c23)cc1C(F)F. The van der Waals surface area contributed by atoms with E-state index in [0.29, 0.717) is 22.5 Å². The van der Waals surface area contributed by atoms with E-state index in [9.17, 15) is 18.7 Å². The van der Waals surface area contributed by atoms with Crippen LogP contribution in [0.5, 0.6) is 11.5 Å². The number of rotatable bonds is 5.